The largest absolute Gasteiger partial charge is 0.469 e. The van der Waals surface area contributed by atoms with Crippen molar-refractivity contribution in [2.75, 3.05) is 25.5 Å². The number of benzene rings is 2. The first-order valence-corrected chi connectivity index (χ1v) is 11.2. The van der Waals surface area contributed by atoms with Gasteiger partial charge in [0, 0.05) is 24.2 Å². The predicted octanol–water partition coefficient (Wildman–Crippen LogP) is 2.60. The number of guanidine groups is 1. The molecule has 2 rings (SSSR count). The van der Waals surface area contributed by atoms with Gasteiger partial charge in [0.25, 0.3) is 5.91 Å². The maximum absolute atomic E-state index is 12.6. The molecule has 0 spiro atoms. The van der Waals surface area contributed by atoms with Crippen LogP contribution in [-0.4, -0.2) is 49.7 Å². The van der Waals surface area contributed by atoms with E-state index in [0.717, 1.165) is 0 Å². The molecule has 12 heteroatoms. The van der Waals surface area contributed by atoms with Crippen molar-refractivity contribution in [2.24, 2.45) is 11.7 Å². The van der Waals surface area contributed by atoms with Crippen LogP contribution in [0.1, 0.15) is 33.6 Å². The van der Waals surface area contributed by atoms with Crippen molar-refractivity contribution in [2.45, 2.75) is 12.8 Å². The summed E-state index contributed by atoms with van der Waals surface area (Å²) in [6.07, 6.45) is 0.0517. The van der Waals surface area contributed by atoms with Crippen LogP contribution in [0.2, 0.25) is 10.0 Å². The van der Waals surface area contributed by atoms with Gasteiger partial charge in [-0.2, -0.15) is 0 Å². The molecule has 0 heterocycles. The Bertz CT molecular complexity index is 1100. The molecule has 186 valence electrons. The lowest BCUT2D eigenvalue weighted by atomic mass is 9.98. The monoisotopic (exact) mass is 521 g/mol. The fourth-order valence-corrected chi connectivity index (χ4v) is 3.73. The van der Waals surface area contributed by atoms with Gasteiger partial charge >= 0.3 is 5.97 Å². The summed E-state index contributed by atoms with van der Waals surface area (Å²) < 4.78 is 4.77. The molecule has 6 N–H and O–H groups in total. The first-order valence-electron chi connectivity index (χ1n) is 10.4. The van der Waals surface area contributed by atoms with Crippen LogP contribution in [0.15, 0.2) is 42.5 Å². The van der Waals surface area contributed by atoms with Gasteiger partial charge in [0.05, 0.1) is 35.2 Å². The minimum Gasteiger partial charge on any atom is -0.469 e. The van der Waals surface area contributed by atoms with Gasteiger partial charge in [0.15, 0.2) is 11.7 Å². The number of esters is 1. The van der Waals surface area contributed by atoms with Crippen molar-refractivity contribution in [3.63, 3.8) is 0 Å². The Morgan fingerprint density at radius 2 is 1.71 bits per heavy atom. The van der Waals surface area contributed by atoms with Gasteiger partial charge < -0.3 is 26.4 Å². The molecule has 0 saturated carbocycles. The zero-order chi connectivity index (χ0) is 26.0. The molecule has 10 nitrogen and oxygen atoms in total. The third-order valence-electron chi connectivity index (χ3n) is 4.85. The summed E-state index contributed by atoms with van der Waals surface area (Å²) in [5.41, 5.74) is 6.15. The highest BCUT2D eigenvalue weighted by atomic mass is 35.5. The lowest BCUT2D eigenvalue weighted by molar-refractivity contribution is -0.145. The maximum Gasteiger partial charge on any atom is 0.310 e. The highest BCUT2D eigenvalue weighted by molar-refractivity contribution is 6.39. The number of rotatable bonds is 11. The molecule has 0 fully saturated rings. The number of halogens is 2. The molecule has 0 bridgehead atoms. The minimum atomic E-state index is -0.792. The summed E-state index contributed by atoms with van der Waals surface area (Å²) in [7, 11) is 1.21. The van der Waals surface area contributed by atoms with Gasteiger partial charge in [-0.05, 0) is 36.8 Å². The van der Waals surface area contributed by atoms with Crippen LogP contribution in [0.5, 0.6) is 0 Å². The second-order valence-corrected chi connectivity index (χ2v) is 8.20. The quantitative estimate of drug-likeness (QED) is 0.131. The number of hydrogen-bond donors (Lipinski definition) is 5. The maximum atomic E-state index is 12.6. The molecule has 0 aliphatic carbocycles. The molecule has 2 aromatic rings. The average molecular weight is 522 g/mol. The van der Waals surface area contributed by atoms with E-state index < -0.39 is 23.7 Å². The standard InChI is InChI=1S/C23H25Cl2N5O5/c1-35-22(34)14(8-9-18(31)20-16(24)6-3-7-17(20)25)11-28-19(32)12-29-21(33)13-4-2-5-15(10-13)30-23(26)27/h2-7,10,14H,8-9,11-12H2,1H3,(H,28,32)(H,29,33)(H4,26,27,30)/t14-/m0/s1. The van der Waals surface area contributed by atoms with Crippen LogP contribution in [0.25, 0.3) is 0 Å². The topological polar surface area (TPSA) is 163 Å². The molecular formula is C23H25Cl2N5O5. The Morgan fingerprint density at radius 3 is 2.34 bits per heavy atom. The first-order chi connectivity index (χ1) is 16.6. The van der Waals surface area contributed by atoms with Crippen molar-refractivity contribution in [1.29, 1.82) is 5.41 Å². The van der Waals surface area contributed by atoms with E-state index in [1.807, 2.05) is 0 Å². The molecule has 1 atom stereocenters. The number of nitrogens with one attached hydrogen (secondary N) is 4. The van der Waals surface area contributed by atoms with Gasteiger partial charge in [-0.15, -0.1) is 0 Å². The highest BCUT2D eigenvalue weighted by Gasteiger charge is 2.23. The summed E-state index contributed by atoms with van der Waals surface area (Å²) in [6, 6.07) is 10.9. The average Bonchev–Trinajstić information content (AvgIpc) is 2.81. The third kappa shape index (κ3) is 8.58. The van der Waals surface area contributed by atoms with E-state index >= 15 is 0 Å². The molecule has 2 amide bonds. The third-order valence-corrected chi connectivity index (χ3v) is 5.48. The van der Waals surface area contributed by atoms with Crippen LogP contribution in [-0.2, 0) is 14.3 Å². The van der Waals surface area contributed by atoms with Gasteiger partial charge in [-0.25, -0.2) is 0 Å². The lowest BCUT2D eigenvalue weighted by Gasteiger charge is -2.16. The highest BCUT2D eigenvalue weighted by Crippen LogP contribution is 2.26. The Kier molecular flexibility index (Phi) is 10.5. The van der Waals surface area contributed by atoms with Crippen LogP contribution in [0.3, 0.4) is 0 Å². The molecule has 35 heavy (non-hydrogen) atoms. The van der Waals surface area contributed by atoms with Crippen molar-refractivity contribution < 1.29 is 23.9 Å². The summed E-state index contributed by atoms with van der Waals surface area (Å²) in [6.45, 7) is -0.436. The van der Waals surface area contributed by atoms with E-state index in [4.69, 9.17) is 39.1 Å². The molecule has 0 unspecified atom stereocenters. The van der Waals surface area contributed by atoms with Gasteiger partial charge in [-0.1, -0.05) is 35.3 Å². The molecule has 0 aliphatic heterocycles. The van der Waals surface area contributed by atoms with Crippen molar-refractivity contribution in [3.05, 3.63) is 63.6 Å². The van der Waals surface area contributed by atoms with Gasteiger partial charge in [-0.3, -0.25) is 24.6 Å². The second kappa shape index (κ2) is 13.3. The number of carbonyl (C=O) groups excluding carboxylic acids is 4. The molecule has 0 aromatic heterocycles. The Balaban J connectivity index is 1.88. The second-order valence-electron chi connectivity index (χ2n) is 7.38. The first kappa shape index (κ1) is 27.6. The number of Topliss-reactive ketones (excluding diaryl/α,β-unsaturated/α-hetero) is 1. The Hall–Kier alpha value is -3.63. The lowest BCUT2D eigenvalue weighted by Crippen LogP contribution is -2.40. The van der Waals surface area contributed by atoms with E-state index in [1.165, 1.54) is 19.2 Å². The minimum absolute atomic E-state index is 0.0412. The molecule has 2 aromatic carbocycles. The van der Waals surface area contributed by atoms with Crippen LogP contribution in [0.4, 0.5) is 5.69 Å². The van der Waals surface area contributed by atoms with Crippen LogP contribution in [0, 0.1) is 11.3 Å². The normalized spacial score (nSPS) is 11.2. The number of ketones is 1. The van der Waals surface area contributed by atoms with Crippen molar-refractivity contribution in [1.82, 2.24) is 10.6 Å². The summed E-state index contributed by atoms with van der Waals surface area (Å²) in [4.78, 5) is 49.2. The fraction of sp³-hybridized carbons (Fsp3) is 0.261. The van der Waals surface area contributed by atoms with Gasteiger partial charge in [0.2, 0.25) is 5.91 Å². The number of carbonyl (C=O) groups is 4. The van der Waals surface area contributed by atoms with Gasteiger partial charge in [0.1, 0.15) is 0 Å². The number of methoxy groups -OCH3 is 1. The number of anilines is 1. The fourth-order valence-electron chi connectivity index (χ4n) is 3.12. The zero-order valence-corrected chi connectivity index (χ0v) is 20.3. The summed E-state index contributed by atoms with van der Waals surface area (Å²) >= 11 is 12.1. The van der Waals surface area contributed by atoms with E-state index in [9.17, 15) is 19.2 Å². The summed E-state index contributed by atoms with van der Waals surface area (Å²) in [5.74, 6) is -3.06. The van der Waals surface area contributed by atoms with Crippen LogP contribution < -0.4 is 21.7 Å². The predicted molar refractivity (Wildman–Crippen MR) is 133 cm³/mol. The smallest absolute Gasteiger partial charge is 0.310 e. The van der Waals surface area contributed by atoms with E-state index in [2.05, 4.69) is 16.0 Å². The van der Waals surface area contributed by atoms with Crippen molar-refractivity contribution in [3.8, 4) is 0 Å². The molecule has 0 aliphatic rings. The SMILES string of the molecule is COC(=O)[C@@H](CCC(=O)c1c(Cl)cccc1Cl)CNC(=O)CNC(=O)c1cccc(NC(=N)N)c1. The Morgan fingerprint density at radius 1 is 1.06 bits per heavy atom. The summed E-state index contributed by atoms with van der Waals surface area (Å²) in [5, 5.41) is 15.3. The van der Waals surface area contributed by atoms with E-state index in [1.54, 1.807) is 30.3 Å². The number of ether oxygens (including phenoxy) is 1. The zero-order valence-electron chi connectivity index (χ0n) is 18.8. The number of hydrogen-bond acceptors (Lipinski definition) is 6. The Labute approximate surface area is 212 Å². The molecular weight excluding hydrogens is 497 g/mol. The number of nitrogens with two attached hydrogens (primary N) is 1. The van der Waals surface area contributed by atoms with Crippen molar-refractivity contribution >= 4 is 58.4 Å². The molecule has 0 saturated heterocycles. The number of amides is 2. The van der Waals surface area contributed by atoms with Crippen LogP contribution >= 0.6 is 23.2 Å². The van der Waals surface area contributed by atoms with E-state index in [-0.39, 0.29) is 58.8 Å². The molecule has 0 radical (unpaired) electrons. The van der Waals surface area contributed by atoms with E-state index in [0.29, 0.717) is 5.69 Å².